The molecular formula is C15H13NO. The first-order valence-corrected chi connectivity index (χ1v) is 5.72. The molecule has 0 fully saturated rings. The third-order valence-corrected chi connectivity index (χ3v) is 3.39. The summed E-state index contributed by atoms with van der Waals surface area (Å²) in [5.41, 5.74) is 8.93. The molecule has 2 atom stereocenters. The molecule has 0 saturated heterocycles. The molecule has 2 aromatic rings. The van der Waals surface area contributed by atoms with Gasteiger partial charge in [-0.05, 0) is 11.1 Å². The fourth-order valence-corrected chi connectivity index (χ4v) is 2.54. The van der Waals surface area contributed by atoms with E-state index in [4.69, 9.17) is 5.73 Å². The summed E-state index contributed by atoms with van der Waals surface area (Å²) in [6.07, 6.45) is 0. The van der Waals surface area contributed by atoms with E-state index >= 15 is 0 Å². The lowest BCUT2D eigenvalue weighted by molar-refractivity contribution is 0.0965. The van der Waals surface area contributed by atoms with Gasteiger partial charge in [-0.3, -0.25) is 4.79 Å². The zero-order valence-electron chi connectivity index (χ0n) is 9.34. The fourth-order valence-electron chi connectivity index (χ4n) is 2.54. The number of hydrogen-bond acceptors (Lipinski definition) is 2. The Morgan fingerprint density at radius 3 is 2.24 bits per heavy atom. The van der Waals surface area contributed by atoms with E-state index in [9.17, 15) is 4.79 Å². The van der Waals surface area contributed by atoms with Gasteiger partial charge < -0.3 is 5.73 Å². The molecule has 2 aromatic carbocycles. The Balaban J connectivity index is 2.10. The van der Waals surface area contributed by atoms with E-state index in [-0.39, 0.29) is 17.7 Å². The highest BCUT2D eigenvalue weighted by Crippen LogP contribution is 2.40. The SMILES string of the molecule is NC1c2ccccc2C(=O)C1c1ccccc1. The first-order chi connectivity index (χ1) is 8.29. The normalized spacial score (nSPS) is 22.5. The highest BCUT2D eigenvalue weighted by atomic mass is 16.1. The van der Waals surface area contributed by atoms with Crippen LogP contribution in [-0.2, 0) is 0 Å². The Bertz CT molecular complexity index is 562. The van der Waals surface area contributed by atoms with E-state index in [1.165, 1.54) is 0 Å². The van der Waals surface area contributed by atoms with Gasteiger partial charge in [-0.25, -0.2) is 0 Å². The second-order valence-electron chi connectivity index (χ2n) is 4.37. The molecule has 0 bridgehead atoms. The molecule has 0 amide bonds. The number of Topliss-reactive ketones (excluding diaryl/α,β-unsaturated/α-hetero) is 1. The van der Waals surface area contributed by atoms with Gasteiger partial charge in [0.1, 0.15) is 0 Å². The van der Waals surface area contributed by atoms with Crippen LogP contribution in [0, 0.1) is 0 Å². The maximum Gasteiger partial charge on any atom is 0.172 e. The molecule has 1 aliphatic carbocycles. The lowest BCUT2D eigenvalue weighted by Gasteiger charge is -2.14. The first kappa shape index (κ1) is 10.2. The monoisotopic (exact) mass is 223 g/mol. The number of rotatable bonds is 1. The Labute approximate surface area is 100 Å². The quantitative estimate of drug-likeness (QED) is 0.807. The average molecular weight is 223 g/mol. The predicted octanol–water partition coefficient (Wildman–Crippen LogP) is 2.67. The summed E-state index contributed by atoms with van der Waals surface area (Å²) >= 11 is 0. The standard InChI is InChI=1S/C15H13NO/c16-14-11-8-4-5-9-12(11)15(17)13(14)10-6-2-1-3-7-10/h1-9,13-14H,16H2. The molecule has 0 heterocycles. The summed E-state index contributed by atoms with van der Waals surface area (Å²) in [5.74, 6) is -0.0899. The number of hydrogen-bond donors (Lipinski definition) is 1. The summed E-state index contributed by atoms with van der Waals surface area (Å²) in [6.45, 7) is 0. The molecule has 84 valence electrons. The van der Waals surface area contributed by atoms with Crippen LogP contribution >= 0.6 is 0 Å². The van der Waals surface area contributed by atoms with Crippen molar-refractivity contribution < 1.29 is 4.79 Å². The van der Waals surface area contributed by atoms with E-state index in [1.807, 2.05) is 54.6 Å². The minimum atomic E-state index is -0.228. The van der Waals surface area contributed by atoms with Crippen LogP contribution in [0.5, 0.6) is 0 Å². The zero-order chi connectivity index (χ0) is 11.8. The smallest absolute Gasteiger partial charge is 0.172 e. The van der Waals surface area contributed by atoms with Crippen LogP contribution in [0.1, 0.15) is 33.4 Å². The van der Waals surface area contributed by atoms with Crippen molar-refractivity contribution in [2.45, 2.75) is 12.0 Å². The maximum atomic E-state index is 12.3. The highest BCUT2D eigenvalue weighted by molar-refractivity contribution is 6.06. The number of benzene rings is 2. The van der Waals surface area contributed by atoms with Crippen molar-refractivity contribution in [3.8, 4) is 0 Å². The molecule has 2 N–H and O–H groups in total. The Morgan fingerprint density at radius 1 is 0.882 bits per heavy atom. The topological polar surface area (TPSA) is 43.1 Å². The van der Waals surface area contributed by atoms with Crippen LogP contribution in [0.3, 0.4) is 0 Å². The Hall–Kier alpha value is -1.93. The summed E-state index contributed by atoms with van der Waals surface area (Å²) in [4.78, 5) is 12.3. The largest absolute Gasteiger partial charge is 0.323 e. The predicted molar refractivity (Wildman–Crippen MR) is 66.9 cm³/mol. The number of fused-ring (bicyclic) bond motifs is 1. The fraction of sp³-hybridized carbons (Fsp3) is 0.133. The molecule has 0 aromatic heterocycles. The van der Waals surface area contributed by atoms with Gasteiger partial charge in [0.25, 0.3) is 0 Å². The number of carbonyl (C=O) groups is 1. The van der Waals surface area contributed by atoms with Crippen LogP contribution in [0.4, 0.5) is 0 Å². The Kier molecular flexibility index (Phi) is 2.30. The van der Waals surface area contributed by atoms with Crippen LogP contribution in [0.25, 0.3) is 0 Å². The van der Waals surface area contributed by atoms with E-state index in [0.717, 1.165) is 16.7 Å². The molecule has 2 heteroatoms. The summed E-state index contributed by atoms with van der Waals surface area (Å²) in [6, 6.07) is 17.2. The number of nitrogens with two attached hydrogens (primary N) is 1. The third kappa shape index (κ3) is 1.49. The molecule has 0 radical (unpaired) electrons. The second kappa shape index (κ2) is 3.82. The lowest BCUT2D eigenvalue weighted by Crippen LogP contribution is -2.18. The molecule has 0 saturated carbocycles. The van der Waals surface area contributed by atoms with Crippen molar-refractivity contribution >= 4 is 5.78 Å². The second-order valence-corrected chi connectivity index (χ2v) is 4.37. The number of carbonyl (C=O) groups excluding carboxylic acids is 1. The summed E-state index contributed by atoms with van der Waals surface area (Å²) in [7, 11) is 0. The van der Waals surface area contributed by atoms with Gasteiger partial charge in [0.2, 0.25) is 0 Å². The highest BCUT2D eigenvalue weighted by Gasteiger charge is 2.37. The van der Waals surface area contributed by atoms with Gasteiger partial charge in [-0.2, -0.15) is 0 Å². The van der Waals surface area contributed by atoms with Crippen LogP contribution < -0.4 is 5.73 Å². The molecule has 0 aliphatic heterocycles. The van der Waals surface area contributed by atoms with Crippen molar-refractivity contribution in [1.29, 1.82) is 0 Å². The van der Waals surface area contributed by atoms with Crippen molar-refractivity contribution in [1.82, 2.24) is 0 Å². The molecule has 17 heavy (non-hydrogen) atoms. The van der Waals surface area contributed by atoms with Crippen molar-refractivity contribution in [3.05, 3.63) is 71.3 Å². The van der Waals surface area contributed by atoms with Gasteiger partial charge in [0, 0.05) is 11.6 Å². The molecule has 0 spiro atoms. The van der Waals surface area contributed by atoms with Gasteiger partial charge in [-0.1, -0.05) is 54.6 Å². The molecule has 1 aliphatic rings. The minimum absolute atomic E-state index is 0.138. The molecular weight excluding hydrogens is 210 g/mol. The molecule has 2 unspecified atom stereocenters. The van der Waals surface area contributed by atoms with Crippen LogP contribution in [0.15, 0.2) is 54.6 Å². The summed E-state index contributed by atoms with van der Waals surface area (Å²) < 4.78 is 0. The van der Waals surface area contributed by atoms with Crippen molar-refractivity contribution in [2.75, 3.05) is 0 Å². The van der Waals surface area contributed by atoms with Gasteiger partial charge in [0.05, 0.1) is 5.92 Å². The third-order valence-electron chi connectivity index (χ3n) is 3.39. The Morgan fingerprint density at radius 2 is 1.53 bits per heavy atom. The molecule has 2 nitrogen and oxygen atoms in total. The minimum Gasteiger partial charge on any atom is -0.323 e. The first-order valence-electron chi connectivity index (χ1n) is 5.72. The number of ketones is 1. The van der Waals surface area contributed by atoms with E-state index in [0.29, 0.717) is 0 Å². The van der Waals surface area contributed by atoms with Crippen molar-refractivity contribution in [2.24, 2.45) is 5.73 Å². The van der Waals surface area contributed by atoms with Gasteiger partial charge >= 0.3 is 0 Å². The van der Waals surface area contributed by atoms with Crippen molar-refractivity contribution in [3.63, 3.8) is 0 Å². The van der Waals surface area contributed by atoms with Gasteiger partial charge in [0.15, 0.2) is 5.78 Å². The van der Waals surface area contributed by atoms with E-state index < -0.39 is 0 Å². The van der Waals surface area contributed by atoms with E-state index in [1.54, 1.807) is 0 Å². The average Bonchev–Trinajstić information content (AvgIpc) is 2.64. The summed E-state index contributed by atoms with van der Waals surface area (Å²) in [5, 5.41) is 0. The van der Waals surface area contributed by atoms with Crippen LogP contribution in [-0.4, -0.2) is 5.78 Å². The van der Waals surface area contributed by atoms with Crippen LogP contribution in [0.2, 0.25) is 0 Å². The van der Waals surface area contributed by atoms with E-state index in [2.05, 4.69) is 0 Å². The molecule has 3 rings (SSSR count). The lowest BCUT2D eigenvalue weighted by atomic mass is 9.92. The zero-order valence-corrected chi connectivity index (χ0v) is 9.34. The van der Waals surface area contributed by atoms with Gasteiger partial charge in [-0.15, -0.1) is 0 Å². The maximum absolute atomic E-state index is 12.3.